The van der Waals surface area contributed by atoms with Gasteiger partial charge in [-0.05, 0) is 125 Å². The fourth-order valence-electron chi connectivity index (χ4n) is 11.4. The van der Waals surface area contributed by atoms with Crippen molar-refractivity contribution in [3.05, 3.63) is 71.9 Å². The Bertz CT molecular complexity index is 3650. The van der Waals surface area contributed by atoms with Crippen LogP contribution in [0.3, 0.4) is 0 Å². The molecule has 3 aromatic rings. The molecule has 36 nitrogen and oxygen atoms in total. The number of aliphatic carboxylic acids is 4. The summed E-state index contributed by atoms with van der Waals surface area (Å²) in [6, 6.07) is -0.967. The number of ketones is 2. The Labute approximate surface area is 642 Å². The molecule has 0 aliphatic carbocycles. The Morgan fingerprint density at radius 3 is 1.48 bits per heavy atom. The molecule has 0 saturated carbocycles. The molecule has 0 spiro atoms. The summed E-state index contributed by atoms with van der Waals surface area (Å²) in [5.74, 6) is -15.9. The third kappa shape index (κ3) is 35.3. The van der Waals surface area contributed by atoms with E-state index in [1.54, 1.807) is 62.7 Å². The summed E-state index contributed by atoms with van der Waals surface area (Å²) in [7, 11) is 0. The van der Waals surface area contributed by atoms with E-state index < -0.39 is 206 Å². The number of nitrogens with zero attached hydrogens (tertiary/aromatic N) is 1. The van der Waals surface area contributed by atoms with Gasteiger partial charge in [0.05, 0.1) is 30.7 Å². The van der Waals surface area contributed by atoms with Crippen LogP contribution in [0.25, 0.3) is 10.9 Å². The minimum absolute atomic E-state index is 0.00279. The van der Waals surface area contributed by atoms with Gasteiger partial charge in [0.25, 0.3) is 0 Å². The highest BCUT2D eigenvalue weighted by Gasteiger charge is 2.37. The number of hydrogen-bond acceptors (Lipinski definition) is 21. The van der Waals surface area contributed by atoms with Crippen LogP contribution in [0, 0.1) is 17.8 Å². The number of amides is 9. The quantitative estimate of drug-likeness (QED) is 0.0111. The molecular weight excluding hydrogens is 1450 g/mol. The Morgan fingerprint density at radius 2 is 0.945 bits per heavy atom. The van der Waals surface area contributed by atoms with E-state index in [-0.39, 0.29) is 75.1 Å². The van der Waals surface area contributed by atoms with Crippen molar-refractivity contribution in [3.8, 4) is 0 Å². The lowest BCUT2D eigenvalue weighted by Crippen LogP contribution is -2.61. The van der Waals surface area contributed by atoms with Crippen LogP contribution in [0.1, 0.15) is 150 Å². The van der Waals surface area contributed by atoms with E-state index in [1.165, 1.54) is 39.5 Å². The van der Waals surface area contributed by atoms with E-state index in [9.17, 15) is 97.1 Å². The number of aldehydes is 1. The van der Waals surface area contributed by atoms with Crippen LogP contribution in [0.15, 0.2) is 65.8 Å². The number of aromatic nitrogens is 1. The van der Waals surface area contributed by atoms with Crippen molar-refractivity contribution in [2.45, 2.75) is 224 Å². The van der Waals surface area contributed by atoms with Crippen LogP contribution >= 0.6 is 11.8 Å². The minimum Gasteiger partial charge on any atom is -0.481 e. The standard InChI is InChI=1S/C73H110N16O20S/c1-39(2)32-54(43(8)91)83-71(108)57(35-45-36-77-48-19-14-13-18-47(45)48)86-65(102)49(21-25-59(93)94)78-37-58(92)55(34-44-16-11-10-12-17-44)84-70(107)56(33-40(3)4)85-67(104)50(20-15-30-76-73(74)75)82-72(109)63(41(5)6)87-64(101)42(7)79-66(103)51(22-26-60(95)96)80-68(105)52(23-27-61(97)98)81-69(106)53(24-28-62(99)100)89-88-46(38-90)29-31-110-9/h10-14,16-19,36,38-42,46,49-57,63,77-78,88-89H,15,20-35,37H2,1-9H3,(H,79,103)(H,80,105)(H,81,106)(H,82,109)(H,83,108)(H,84,107)(H,85,104)(H,86,102)(H,87,101)(H,93,94)(H,95,96)(H,97,98)(H,99,100)(H4,74,75,76)/t42-,46-,49-,50-,51-,52-,53-,54-,55-,56-,57-,63-/m0/s1. The van der Waals surface area contributed by atoms with Gasteiger partial charge in [-0.3, -0.25) is 82.2 Å². The van der Waals surface area contributed by atoms with Crippen molar-refractivity contribution in [2.75, 3.05) is 25.1 Å². The lowest BCUT2D eigenvalue weighted by molar-refractivity contribution is -0.140. The SMILES string of the molecule is CSCC[C@@H](C=O)NN[C@@H](CCC(=O)O)C(=O)N[C@@H](CCC(=O)O)C(=O)N[C@@H](CCC(=O)O)C(=O)N[C@@H](C)C(=O)N[C@H](C(=O)N[C@@H](CCCN=C(N)N)C(=O)N[C@@H](CC(C)C)C(=O)N[C@@H](Cc1ccccc1)C(=O)CN[C@@H](CCC(=O)O)C(=O)N[C@@H](Cc1c[nH]c2ccccc12)C(=O)N[C@@H](CC(C)C)C(C)=O)C(C)C. The molecule has 12 atom stereocenters. The van der Waals surface area contributed by atoms with E-state index in [0.29, 0.717) is 36.0 Å². The highest BCUT2D eigenvalue weighted by atomic mass is 32.2. The maximum atomic E-state index is 14.8. The number of aliphatic imine (C=N–C) groups is 1. The van der Waals surface area contributed by atoms with Crippen molar-refractivity contribution < 1.29 is 97.1 Å². The second-order valence-electron chi connectivity index (χ2n) is 28.0. The topological polar surface area (TPSA) is 579 Å². The molecule has 2 aromatic carbocycles. The summed E-state index contributed by atoms with van der Waals surface area (Å²) in [6.07, 6.45) is -0.304. The Kier molecular flexibility index (Phi) is 41.7. The second kappa shape index (κ2) is 48.9. The number of fused-ring (bicyclic) bond motifs is 1. The summed E-state index contributed by atoms with van der Waals surface area (Å²) in [4.78, 5) is 222. The highest BCUT2D eigenvalue weighted by molar-refractivity contribution is 7.98. The van der Waals surface area contributed by atoms with Gasteiger partial charge in [-0.2, -0.15) is 11.8 Å². The van der Waals surface area contributed by atoms with Gasteiger partial charge in [0.1, 0.15) is 54.6 Å². The fraction of sp³-hybridized carbons (Fsp3) is 0.575. The van der Waals surface area contributed by atoms with Crippen molar-refractivity contribution in [1.29, 1.82) is 0 Å². The van der Waals surface area contributed by atoms with Crippen molar-refractivity contribution >= 4 is 124 Å². The number of hydrogen-bond donors (Lipinski definition) is 19. The molecule has 9 amide bonds. The Balaban J connectivity index is 1.93. The van der Waals surface area contributed by atoms with E-state index in [2.05, 4.69) is 74.0 Å². The number of carbonyl (C=O) groups excluding carboxylic acids is 12. The molecular formula is C73H110N16O20S. The average Bonchev–Trinajstić information content (AvgIpc) is 1.66. The van der Waals surface area contributed by atoms with Gasteiger partial charge in [0, 0.05) is 55.7 Å². The van der Waals surface area contributed by atoms with E-state index in [4.69, 9.17) is 11.5 Å². The molecule has 1 heterocycles. The average molecular weight is 1560 g/mol. The zero-order chi connectivity index (χ0) is 82.3. The number of thioether (sulfide) groups is 1. The molecule has 21 N–H and O–H groups in total. The molecule has 3 rings (SSSR count). The lowest BCUT2D eigenvalue weighted by Gasteiger charge is -2.29. The minimum atomic E-state index is -1.77. The van der Waals surface area contributed by atoms with Gasteiger partial charge >= 0.3 is 23.9 Å². The van der Waals surface area contributed by atoms with Crippen LogP contribution in [0.2, 0.25) is 0 Å². The van der Waals surface area contributed by atoms with Gasteiger partial charge in [0.2, 0.25) is 53.2 Å². The number of benzene rings is 2. The molecule has 0 radical (unpaired) electrons. The zero-order valence-corrected chi connectivity index (χ0v) is 64.4. The number of carbonyl (C=O) groups is 16. The van der Waals surface area contributed by atoms with Gasteiger partial charge < -0.3 is 89.5 Å². The first-order chi connectivity index (χ1) is 51.9. The maximum absolute atomic E-state index is 14.8. The number of guanidine groups is 1. The van der Waals surface area contributed by atoms with Gasteiger partial charge in [-0.25, -0.2) is 10.9 Å². The van der Waals surface area contributed by atoms with Crippen molar-refractivity contribution in [2.24, 2.45) is 34.2 Å². The Morgan fingerprint density at radius 1 is 0.491 bits per heavy atom. The summed E-state index contributed by atoms with van der Waals surface area (Å²) < 4.78 is 0. The number of H-pyrrole nitrogens is 1. The molecule has 110 heavy (non-hydrogen) atoms. The van der Waals surface area contributed by atoms with Crippen LogP contribution in [-0.4, -0.2) is 224 Å². The maximum Gasteiger partial charge on any atom is 0.303 e. The largest absolute Gasteiger partial charge is 0.481 e. The molecule has 608 valence electrons. The smallest absolute Gasteiger partial charge is 0.303 e. The number of aromatic amines is 1. The summed E-state index contributed by atoms with van der Waals surface area (Å²) in [6.45, 7) is 12.2. The number of hydrazine groups is 1. The lowest BCUT2D eigenvalue weighted by atomic mass is 9.98. The number of nitrogens with two attached hydrogens (primary N) is 2. The number of carboxylic acids is 4. The van der Waals surface area contributed by atoms with E-state index in [0.717, 1.165) is 10.9 Å². The highest BCUT2D eigenvalue weighted by Crippen LogP contribution is 2.21. The summed E-state index contributed by atoms with van der Waals surface area (Å²) >= 11 is 1.43. The second-order valence-corrected chi connectivity index (χ2v) is 28.9. The number of rotatable bonds is 55. The number of nitrogens with one attached hydrogen (secondary N) is 13. The molecule has 0 saturated heterocycles. The van der Waals surface area contributed by atoms with Crippen LogP contribution in [-0.2, 0) is 89.6 Å². The monoisotopic (exact) mass is 1560 g/mol. The zero-order valence-electron chi connectivity index (χ0n) is 63.6. The molecule has 37 heteroatoms. The predicted octanol–water partition coefficient (Wildman–Crippen LogP) is -0.503. The molecule has 0 aliphatic rings. The van der Waals surface area contributed by atoms with Crippen LogP contribution < -0.4 is 75.5 Å². The van der Waals surface area contributed by atoms with Gasteiger partial charge in [-0.15, -0.1) is 0 Å². The first-order valence-electron chi connectivity index (χ1n) is 36.4. The van der Waals surface area contributed by atoms with Crippen molar-refractivity contribution in [3.63, 3.8) is 0 Å². The first-order valence-corrected chi connectivity index (χ1v) is 37.8. The van der Waals surface area contributed by atoms with Gasteiger partial charge in [-0.1, -0.05) is 90.1 Å². The van der Waals surface area contributed by atoms with E-state index >= 15 is 0 Å². The molecule has 1 aromatic heterocycles. The number of Topliss-reactive ketones (excluding diaryl/α,β-unsaturated/α-hetero) is 2. The summed E-state index contributed by atoms with van der Waals surface area (Å²) in [5.41, 5.74) is 18.4. The molecule has 0 fully saturated rings. The normalized spacial score (nSPS) is 14.5. The number of para-hydroxylation sites is 1. The van der Waals surface area contributed by atoms with Crippen LogP contribution in [0.5, 0.6) is 0 Å². The third-order valence-electron chi connectivity index (χ3n) is 17.4. The molecule has 0 aliphatic heterocycles. The van der Waals surface area contributed by atoms with Crippen LogP contribution in [0.4, 0.5) is 0 Å². The summed E-state index contributed by atoms with van der Waals surface area (Å²) in [5, 5.41) is 65.2. The molecule has 0 unspecified atom stereocenters. The van der Waals surface area contributed by atoms with E-state index in [1.807, 2.05) is 32.0 Å². The first kappa shape index (κ1) is 93.8. The van der Waals surface area contributed by atoms with Gasteiger partial charge in [0.15, 0.2) is 17.5 Å². The Hall–Kier alpha value is -10.4. The number of carboxylic acid groups (broad SMARTS) is 4. The molecule has 0 bridgehead atoms. The van der Waals surface area contributed by atoms with Crippen molar-refractivity contribution in [1.82, 2.24) is 69.0 Å². The third-order valence-corrected chi connectivity index (χ3v) is 18.0. The predicted molar refractivity (Wildman–Crippen MR) is 407 cm³/mol. The fourth-order valence-corrected chi connectivity index (χ4v) is 11.9.